The third-order valence-corrected chi connectivity index (χ3v) is 6.17. The number of aromatic nitrogens is 4. The molecule has 1 aliphatic heterocycles. The molecule has 3 aromatic heterocycles. The number of imidazole rings is 1. The zero-order valence-corrected chi connectivity index (χ0v) is 19.7. The molecule has 0 saturated carbocycles. The van der Waals surface area contributed by atoms with Gasteiger partial charge < -0.3 is 10.2 Å². The van der Waals surface area contributed by atoms with Crippen LogP contribution in [-0.4, -0.2) is 42.6 Å². The van der Waals surface area contributed by atoms with Crippen LogP contribution < -0.4 is 5.32 Å². The fourth-order valence-corrected chi connectivity index (χ4v) is 4.58. The summed E-state index contributed by atoms with van der Waals surface area (Å²) in [6, 6.07) is 12.2. The Morgan fingerprint density at radius 1 is 1.14 bits per heavy atom. The lowest BCUT2D eigenvalue weighted by Gasteiger charge is -2.21. The molecule has 0 bridgehead atoms. The van der Waals surface area contributed by atoms with Crippen molar-refractivity contribution in [2.75, 3.05) is 11.9 Å². The lowest BCUT2D eigenvalue weighted by molar-refractivity contribution is -0.126. The van der Waals surface area contributed by atoms with Crippen molar-refractivity contribution in [1.82, 2.24) is 24.3 Å². The van der Waals surface area contributed by atoms with Gasteiger partial charge in [-0.15, -0.1) is 0 Å². The molecule has 1 aromatic carbocycles. The number of anilines is 1. The Morgan fingerprint density at radius 3 is 2.77 bits per heavy atom. The number of amides is 2. The molecule has 1 aliphatic rings. The van der Waals surface area contributed by atoms with Crippen molar-refractivity contribution >= 4 is 34.7 Å². The van der Waals surface area contributed by atoms with E-state index in [-0.39, 0.29) is 23.0 Å². The summed E-state index contributed by atoms with van der Waals surface area (Å²) in [4.78, 5) is 40.4. The maximum atomic E-state index is 12.6. The molecule has 0 spiro atoms. The molecule has 8 nitrogen and oxygen atoms in total. The quantitative estimate of drug-likeness (QED) is 0.434. The predicted octanol–water partition coefficient (Wildman–Crippen LogP) is 4.38. The van der Waals surface area contributed by atoms with E-state index < -0.39 is 0 Å². The van der Waals surface area contributed by atoms with E-state index in [1.54, 1.807) is 66.8 Å². The highest BCUT2D eigenvalue weighted by atomic mass is 35.5. The first kappa shape index (κ1) is 22.6. The van der Waals surface area contributed by atoms with Crippen LogP contribution in [-0.2, 0) is 4.79 Å². The summed E-state index contributed by atoms with van der Waals surface area (Å²) in [5.74, 6) is 5.92. The standard InChI is InChI=1S/C26H21ClN6O2/c1-2-7-21(34)32-14-6-10-19(32)25-31-22(23-24(27)29-13-15-33(23)25)18-11-12-28-20(16-18)30-26(35)17-8-4-3-5-9-17/h3-5,8-9,11-13,15-16,19H,6,10,14H2,1H3,(H,28,30,35)/t19-/m0/s1. The van der Waals surface area contributed by atoms with Crippen LogP contribution in [0.15, 0.2) is 61.1 Å². The zero-order chi connectivity index (χ0) is 24.4. The van der Waals surface area contributed by atoms with Gasteiger partial charge in [-0.3, -0.25) is 14.0 Å². The Balaban J connectivity index is 1.55. The van der Waals surface area contributed by atoms with Crippen molar-refractivity contribution in [3.8, 4) is 23.1 Å². The Hall–Kier alpha value is -4.22. The number of benzene rings is 1. The van der Waals surface area contributed by atoms with E-state index in [4.69, 9.17) is 16.6 Å². The van der Waals surface area contributed by atoms with Gasteiger partial charge in [0.05, 0.1) is 11.7 Å². The van der Waals surface area contributed by atoms with Gasteiger partial charge >= 0.3 is 0 Å². The molecule has 0 radical (unpaired) electrons. The zero-order valence-electron chi connectivity index (χ0n) is 18.9. The third kappa shape index (κ3) is 4.34. The second-order valence-electron chi connectivity index (χ2n) is 8.04. The van der Waals surface area contributed by atoms with Crippen LogP contribution in [0.2, 0.25) is 5.15 Å². The topological polar surface area (TPSA) is 92.5 Å². The molecule has 1 atom stereocenters. The first-order valence-electron chi connectivity index (χ1n) is 11.2. The highest BCUT2D eigenvalue weighted by Gasteiger charge is 2.33. The van der Waals surface area contributed by atoms with Crippen molar-refractivity contribution in [1.29, 1.82) is 0 Å². The highest BCUT2D eigenvalue weighted by Crippen LogP contribution is 2.37. The number of pyridine rings is 1. The molecule has 35 heavy (non-hydrogen) atoms. The van der Waals surface area contributed by atoms with Crippen LogP contribution in [0.5, 0.6) is 0 Å². The van der Waals surface area contributed by atoms with Crippen molar-refractivity contribution in [2.24, 2.45) is 0 Å². The molecule has 0 aliphatic carbocycles. The summed E-state index contributed by atoms with van der Waals surface area (Å²) in [5.41, 5.74) is 2.46. The number of halogens is 1. The number of hydrogen-bond acceptors (Lipinski definition) is 5. The first-order chi connectivity index (χ1) is 17.1. The number of nitrogens with zero attached hydrogens (tertiary/aromatic N) is 5. The summed E-state index contributed by atoms with van der Waals surface area (Å²) < 4.78 is 1.88. The number of nitrogens with one attached hydrogen (secondary N) is 1. The van der Waals surface area contributed by atoms with Crippen molar-refractivity contribution in [2.45, 2.75) is 25.8 Å². The van der Waals surface area contributed by atoms with Gasteiger partial charge in [0.2, 0.25) is 0 Å². The number of carbonyl (C=O) groups excluding carboxylic acids is 2. The lowest BCUT2D eigenvalue weighted by atomic mass is 10.1. The molecule has 1 fully saturated rings. The van der Waals surface area contributed by atoms with Gasteiger partial charge in [0.15, 0.2) is 5.15 Å². The van der Waals surface area contributed by atoms with E-state index in [1.807, 2.05) is 10.5 Å². The number of rotatable bonds is 4. The normalized spacial score (nSPS) is 15.0. The summed E-state index contributed by atoms with van der Waals surface area (Å²) in [6.07, 6.45) is 6.63. The maximum absolute atomic E-state index is 12.6. The minimum absolute atomic E-state index is 0.219. The van der Waals surface area contributed by atoms with Gasteiger partial charge in [0, 0.05) is 36.3 Å². The summed E-state index contributed by atoms with van der Waals surface area (Å²) in [5, 5.41) is 3.12. The molecule has 1 saturated heterocycles. The Bertz CT molecular complexity index is 1490. The van der Waals surface area contributed by atoms with Crippen LogP contribution in [0.4, 0.5) is 5.82 Å². The van der Waals surface area contributed by atoms with E-state index in [2.05, 4.69) is 27.1 Å². The van der Waals surface area contributed by atoms with Gasteiger partial charge in [-0.1, -0.05) is 35.7 Å². The summed E-state index contributed by atoms with van der Waals surface area (Å²) >= 11 is 6.52. The van der Waals surface area contributed by atoms with E-state index in [9.17, 15) is 9.59 Å². The average molecular weight is 485 g/mol. The molecule has 1 N–H and O–H groups in total. The van der Waals surface area contributed by atoms with Gasteiger partial charge in [0.1, 0.15) is 17.2 Å². The molecule has 174 valence electrons. The molecule has 9 heteroatoms. The molecule has 2 amide bonds. The number of carbonyl (C=O) groups is 2. The minimum atomic E-state index is -0.262. The SMILES string of the molecule is CC#CC(=O)N1CCC[C@H]1c1nc(-c2ccnc(NC(=O)c3ccccc3)c2)c2c(Cl)nccn12. The monoisotopic (exact) mass is 484 g/mol. The number of likely N-dealkylation sites (tertiary alicyclic amines) is 1. The van der Waals surface area contributed by atoms with Crippen molar-refractivity contribution in [3.63, 3.8) is 0 Å². The van der Waals surface area contributed by atoms with Gasteiger partial charge in [-0.2, -0.15) is 0 Å². The highest BCUT2D eigenvalue weighted by molar-refractivity contribution is 6.33. The number of fused-ring (bicyclic) bond motifs is 1. The smallest absolute Gasteiger partial charge is 0.299 e. The second kappa shape index (κ2) is 9.57. The van der Waals surface area contributed by atoms with E-state index in [1.165, 1.54) is 0 Å². The van der Waals surface area contributed by atoms with Crippen LogP contribution in [0.1, 0.15) is 42.0 Å². The molecular weight excluding hydrogens is 464 g/mol. The first-order valence-corrected chi connectivity index (χ1v) is 11.5. The van der Waals surface area contributed by atoms with E-state index >= 15 is 0 Å². The predicted molar refractivity (Wildman–Crippen MR) is 133 cm³/mol. The van der Waals surface area contributed by atoms with Gasteiger partial charge in [-0.05, 0) is 50.0 Å². The maximum Gasteiger partial charge on any atom is 0.299 e. The molecule has 0 unspecified atom stereocenters. The van der Waals surface area contributed by atoms with Gasteiger partial charge in [0.25, 0.3) is 11.8 Å². The van der Waals surface area contributed by atoms with Crippen LogP contribution in [0.3, 0.4) is 0 Å². The second-order valence-corrected chi connectivity index (χ2v) is 8.39. The van der Waals surface area contributed by atoms with Crippen LogP contribution >= 0.6 is 11.6 Å². The fraction of sp³-hybridized carbons (Fsp3) is 0.192. The van der Waals surface area contributed by atoms with Crippen molar-refractivity contribution in [3.05, 3.63) is 77.6 Å². The van der Waals surface area contributed by atoms with E-state index in [0.717, 1.165) is 12.8 Å². The Labute approximate surface area is 207 Å². The summed E-state index contributed by atoms with van der Waals surface area (Å²) in [7, 11) is 0. The molecule has 5 rings (SSSR count). The Morgan fingerprint density at radius 2 is 1.97 bits per heavy atom. The molecule has 4 heterocycles. The largest absolute Gasteiger partial charge is 0.322 e. The Kier molecular flexibility index (Phi) is 6.17. The molecule has 4 aromatic rings. The lowest BCUT2D eigenvalue weighted by Crippen LogP contribution is -2.30. The third-order valence-electron chi connectivity index (χ3n) is 5.89. The van der Waals surface area contributed by atoms with E-state index in [0.29, 0.717) is 40.5 Å². The summed E-state index contributed by atoms with van der Waals surface area (Å²) in [6.45, 7) is 2.27. The molecular formula is C26H21ClN6O2. The van der Waals surface area contributed by atoms with Crippen molar-refractivity contribution < 1.29 is 9.59 Å². The van der Waals surface area contributed by atoms with Gasteiger partial charge in [-0.25, -0.2) is 15.0 Å². The minimum Gasteiger partial charge on any atom is -0.322 e. The number of hydrogen-bond donors (Lipinski definition) is 1. The average Bonchev–Trinajstić information content (AvgIpc) is 3.51. The van der Waals surface area contributed by atoms with Crippen LogP contribution in [0.25, 0.3) is 16.8 Å². The van der Waals surface area contributed by atoms with Crippen LogP contribution in [0, 0.1) is 11.8 Å². The fourth-order valence-electron chi connectivity index (χ4n) is 4.34.